The Morgan fingerprint density at radius 1 is 1.40 bits per heavy atom. The number of ether oxygens (including phenoxy) is 2. The van der Waals surface area contributed by atoms with Crippen LogP contribution in [0.3, 0.4) is 0 Å². The van der Waals surface area contributed by atoms with Crippen LogP contribution in [0.5, 0.6) is 0 Å². The van der Waals surface area contributed by atoms with Gasteiger partial charge < -0.3 is 9.47 Å². The van der Waals surface area contributed by atoms with Gasteiger partial charge in [-0.05, 0) is 18.8 Å². The maximum atomic E-state index is 8.45. The summed E-state index contributed by atoms with van der Waals surface area (Å²) in [6.07, 6.45) is 4.36. The first kappa shape index (κ1) is 12.5. The molecule has 1 saturated carbocycles. The van der Waals surface area contributed by atoms with Crippen molar-refractivity contribution in [2.24, 2.45) is 11.8 Å². The molecule has 1 aliphatic carbocycles. The smallest absolute Gasteiger partial charge is 0.0645 e. The van der Waals surface area contributed by atoms with E-state index in [0.717, 1.165) is 18.9 Å². The molecule has 0 aromatic rings. The fraction of sp³-hybridized carbons (Fsp3) is 0.917. The molecule has 0 aromatic carbocycles. The van der Waals surface area contributed by atoms with Gasteiger partial charge in [0.15, 0.2) is 0 Å². The molecule has 0 spiro atoms. The third-order valence-electron chi connectivity index (χ3n) is 3.33. The van der Waals surface area contributed by atoms with Gasteiger partial charge in [0, 0.05) is 13.0 Å². The van der Waals surface area contributed by atoms with Gasteiger partial charge in [-0.3, -0.25) is 0 Å². The summed E-state index contributed by atoms with van der Waals surface area (Å²) in [5.74, 6) is 1.26. The molecule has 15 heavy (non-hydrogen) atoms. The van der Waals surface area contributed by atoms with Gasteiger partial charge in [0.1, 0.15) is 0 Å². The summed E-state index contributed by atoms with van der Waals surface area (Å²) in [6, 6.07) is 2.11. The lowest BCUT2D eigenvalue weighted by molar-refractivity contribution is -0.00625. The van der Waals surface area contributed by atoms with Crippen molar-refractivity contribution in [2.75, 3.05) is 20.3 Å². The second-order valence-electron chi connectivity index (χ2n) is 4.18. The summed E-state index contributed by atoms with van der Waals surface area (Å²) >= 11 is 0. The molecule has 1 rings (SSSR count). The molecule has 3 unspecified atom stereocenters. The summed E-state index contributed by atoms with van der Waals surface area (Å²) < 4.78 is 11.0. The summed E-state index contributed by atoms with van der Waals surface area (Å²) in [7, 11) is 1.75. The first-order chi connectivity index (χ1) is 7.33. The van der Waals surface area contributed by atoms with Crippen molar-refractivity contribution in [2.45, 2.75) is 38.7 Å². The Morgan fingerprint density at radius 2 is 2.20 bits per heavy atom. The van der Waals surface area contributed by atoms with Gasteiger partial charge in [0.05, 0.1) is 31.8 Å². The molecule has 1 aliphatic rings. The number of nitrogens with zero attached hydrogens (tertiary/aromatic N) is 1. The lowest BCUT2D eigenvalue weighted by Gasteiger charge is -2.23. The quantitative estimate of drug-likeness (QED) is 0.633. The molecule has 3 atom stereocenters. The first-order valence-corrected chi connectivity index (χ1v) is 5.81. The molecule has 0 aliphatic heterocycles. The molecular weight excluding hydrogens is 190 g/mol. The van der Waals surface area contributed by atoms with Crippen LogP contribution in [0.4, 0.5) is 0 Å². The normalized spacial score (nSPS) is 30.3. The van der Waals surface area contributed by atoms with Crippen molar-refractivity contribution in [1.29, 1.82) is 5.26 Å². The predicted molar refractivity (Wildman–Crippen MR) is 58.4 cm³/mol. The van der Waals surface area contributed by atoms with Gasteiger partial charge in [-0.1, -0.05) is 13.3 Å². The van der Waals surface area contributed by atoms with Crippen LogP contribution in [-0.2, 0) is 9.47 Å². The van der Waals surface area contributed by atoms with E-state index in [9.17, 15) is 0 Å². The lowest BCUT2D eigenvalue weighted by Crippen LogP contribution is -2.26. The van der Waals surface area contributed by atoms with Crippen LogP contribution in [0.1, 0.15) is 32.6 Å². The second-order valence-corrected chi connectivity index (χ2v) is 4.18. The molecule has 0 aromatic heterocycles. The Bertz CT molecular complexity index is 212. The van der Waals surface area contributed by atoms with E-state index in [1.165, 1.54) is 12.8 Å². The highest BCUT2D eigenvalue weighted by Gasteiger charge is 2.35. The number of nitriles is 1. The van der Waals surface area contributed by atoms with Gasteiger partial charge in [-0.15, -0.1) is 0 Å². The van der Waals surface area contributed by atoms with Gasteiger partial charge >= 0.3 is 0 Å². The zero-order valence-corrected chi connectivity index (χ0v) is 9.74. The van der Waals surface area contributed by atoms with Crippen molar-refractivity contribution in [1.82, 2.24) is 0 Å². The van der Waals surface area contributed by atoms with E-state index in [0.29, 0.717) is 25.0 Å². The van der Waals surface area contributed by atoms with E-state index in [2.05, 4.69) is 13.0 Å². The summed E-state index contributed by atoms with van der Waals surface area (Å²) in [4.78, 5) is 0. The van der Waals surface area contributed by atoms with Crippen molar-refractivity contribution in [3.05, 3.63) is 0 Å². The van der Waals surface area contributed by atoms with Gasteiger partial charge in [-0.25, -0.2) is 0 Å². The fourth-order valence-electron chi connectivity index (χ4n) is 2.52. The van der Waals surface area contributed by atoms with Crippen molar-refractivity contribution < 1.29 is 9.47 Å². The first-order valence-electron chi connectivity index (χ1n) is 5.81. The summed E-state index contributed by atoms with van der Waals surface area (Å²) in [5.41, 5.74) is 0. The van der Waals surface area contributed by atoms with Crippen molar-refractivity contribution in [3.63, 3.8) is 0 Å². The maximum absolute atomic E-state index is 8.45. The average molecular weight is 211 g/mol. The largest absolute Gasteiger partial charge is 0.384 e. The molecule has 0 saturated heterocycles. The highest BCUT2D eigenvalue weighted by molar-refractivity contribution is 4.85. The van der Waals surface area contributed by atoms with Gasteiger partial charge in [-0.2, -0.15) is 5.26 Å². The number of hydrogen-bond acceptors (Lipinski definition) is 3. The number of hydrogen-bond donors (Lipinski definition) is 0. The van der Waals surface area contributed by atoms with Crippen LogP contribution in [0.15, 0.2) is 0 Å². The topological polar surface area (TPSA) is 42.2 Å². The average Bonchev–Trinajstić information content (AvgIpc) is 2.62. The molecule has 86 valence electrons. The Morgan fingerprint density at radius 3 is 2.80 bits per heavy atom. The van der Waals surface area contributed by atoms with Crippen LogP contribution in [0.25, 0.3) is 0 Å². The molecule has 0 amide bonds. The molecule has 3 nitrogen and oxygen atoms in total. The molecule has 0 radical (unpaired) electrons. The third kappa shape index (κ3) is 3.48. The zero-order valence-electron chi connectivity index (χ0n) is 9.74. The fourth-order valence-corrected chi connectivity index (χ4v) is 2.52. The number of rotatable bonds is 6. The highest BCUT2D eigenvalue weighted by atomic mass is 16.5. The Hall–Kier alpha value is -0.590. The van der Waals surface area contributed by atoms with E-state index in [4.69, 9.17) is 14.7 Å². The monoisotopic (exact) mass is 211 g/mol. The second kappa shape index (κ2) is 6.81. The molecule has 0 N–H and O–H groups in total. The molecule has 3 heteroatoms. The van der Waals surface area contributed by atoms with E-state index < -0.39 is 0 Å². The number of methoxy groups -OCH3 is 1. The SMILES string of the molecule is CCC1CCC(OCCC#N)C1COC. The van der Waals surface area contributed by atoms with Crippen LogP contribution in [-0.4, -0.2) is 26.4 Å². The van der Waals surface area contributed by atoms with E-state index >= 15 is 0 Å². The Labute approximate surface area is 92.4 Å². The van der Waals surface area contributed by atoms with E-state index in [-0.39, 0.29) is 0 Å². The lowest BCUT2D eigenvalue weighted by atomic mass is 9.93. The summed E-state index contributed by atoms with van der Waals surface area (Å²) in [5, 5.41) is 8.45. The Balaban J connectivity index is 2.38. The minimum atomic E-state index is 0.309. The minimum Gasteiger partial charge on any atom is -0.384 e. The van der Waals surface area contributed by atoms with Crippen LogP contribution >= 0.6 is 0 Å². The molecule has 0 bridgehead atoms. The summed E-state index contributed by atoms with van der Waals surface area (Å²) in [6.45, 7) is 3.58. The van der Waals surface area contributed by atoms with Crippen molar-refractivity contribution >= 4 is 0 Å². The molecule has 0 heterocycles. The third-order valence-corrected chi connectivity index (χ3v) is 3.33. The zero-order chi connectivity index (χ0) is 11.1. The van der Waals surface area contributed by atoms with Crippen LogP contribution in [0.2, 0.25) is 0 Å². The van der Waals surface area contributed by atoms with E-state index in [1.54, 1.807) is 7.11 Å². The predicted octanol–water partition coefficient (Wildman–Crippen LogP) is 2.37. The van der Waals surface area contributed by atoms with Gasteiger partial charge in [0.2, 0.25) is 0 Å². The molecule has 1 fully saturated rings. The van der Waals surface area contributed by atoms with Crippen LogP contribution in [0, 0.1) is 23.2 Å². The highest BCUT2D eigenvalue weighted by Crippen LogP contribution is 2.36. The van der Waals surface area contributed by atoms with Gasteiger partial charge in [0.25, 0.3) is 0 Å². The Kier molecular flexibility index (Phi) is 5.67. The van der Waals surface area contributed by atoms with E-state index in [1.807, 2.05) is 0 Å². The van der Waals surface area contributed by atoms with Crippen LogP contribution < -0.4 is 0 Å². The standard InChI is InChI=1S/C12H21NO2/c1-3-10-5-6-12(11(10)9-14-2)15-8-4-7-13/h10-12H,3-6,8-9H2,1-2H3. The molecular formula is C12H21NO2. The minimum absolute atomic E-state index is 0.309. The van der Waals surface area contributed by atoms with Crippen molar-refractivity contribution in [3.8, 4) is 6.07 Å². The maximum Gasteiger partial charge on any atom is 0.0645 e.